The van der Waals surface area contributed by atoms with Crippen molar-refractivity contribution in [1.82, 2.24) is 10.6 Å². The number of terminal acetylenes is 1. The molecule has 0 bridgehead atoms. The molecule has 0 spiro atoms. The first-order valence-corrected chi connectivity index (χ1v) is 11.6. The third-order valence-corrected chi connectivity index (χ3v) is 6.42. The van der Waals surface area contributed by atoms with Crippen molar-refractivity contribution in [3.8, 4) is 24.2 Å². The van der Waals surface area contributed by atoms with Crippen LogP contribution in [0.1, 0.15) is 48.8 Å². The predicted octanol–water partition coefficient (Wildman–Crippen LogP) is 3.22. The van der Waals surface area contributed by atoms with E-state index in [1.807, 2.05) is 48.5 Å². The molecule has 2 aliphatic rings. The van der Waals surface area contributed by atoms with Crippen molar-refractivity contribution in [3.63, 3.8) is 0 Å². The molecule has 2 N–H and O–H groups in total. The van der Waals surface area contributed by atoms with Crippen LogP contribution in [0.3, 0.4) is 0 Å². The Morgan fingerprint density at radius 3 is 2.48 bits per heavy atom. The molecule has 1 saturated carbocycles. The molecular weight excluding hydrogens is 410 g/mol. The van der Waals surface area contributed by atoms with Gasteiger partial charge in [0, 0.05) is 23.6 Å². The van der Waals surface area contributed by atoms with Crippen LogP contribution >= 0.6 is 0 Å². The normalized spacial score (nSPS) is 18.9. The molecule has 0 radical (unpaired) electrons. The molecule has 1 heterocycles. The molecule has 0 atom stereocenters. The van der Waals surface area contributed by atoms with Gasteiger partial charge in [-0.1, -0.05) is 48.1 Å². The number of rotatable bonds is 6. The highest BCUT2D eigenvalue weighted by atomic mass is 16.2. The number of carbonyl (C=O) groups is 2. The molecule has 1 fully saturated rings. The maximum atomic E-state index is 13.2. The Balaban J connectivity index is 1.36. The summed E-state index contributed by atoms with van der Waals surface area (Å²) < 4.78 is 0. The molecule has 2 aromatic carbocycles. The third-order valence-electron chi connectivity index (χ3n) is 6.42. The standard InChI is InChI=1S/C28H29N3O2/c1-2-17-29-25-15-11-21(12-16-25)18-27(32)30-19-28(33)31-20-24-9-4-3-7-22(24)13-14-23-8-5-6-10-26(23)31/h1,3-10,21,25,29H,11-12,15-20H2,(H,30,32). The minimum absolute atomic E-state index is 0.0260. The molecule has 5 nitrogen and oxygen atoms in total. The number of amides is 2. The Bertz CT molecular complexity index is 1110. The first kappa shape index (κ1) is 22.6. The highest BCUT2D eigenvalue weighted by Gasteiger charge is 2.24. The SMILES string of the molecule is C#CCNC1CCC(CC(=O)NCC(=O)N2Cc3ccccc3C#Cc3ccccc32)CC1. The Hall–Kier alpha value is -3.54. The van der Waals surface area contributed by atoms with Crippen LogP contribution in [0.2, 0.25) is 0 Å². The van der Waals surface area contributed by atoms with Crippen LogP contribution in [0, 0.1) is 30.1 Å². The average Bonchev–Trinajstić information content (AvgIpc) is 2.83. The smallest absolute Gasteiger partial charge is 0.246 e. The van der Waals surface area contributed by atoms with Gasteiger partial charge in [-0.3, -0.25) is 9.59 Å². The second-order valence-electron chi connectivity index (χ2n) is 8.69. The van der Waals surface area contributed by atoms with Gasteiger partial charge in [0.05, 0.1) is 25.3 Å². The number of hydrogen-bond acceptors (Lipinski definition) is 3. The molecule has 0 aromatic heterocycles. The Kier molecular flexibility index (Phi) is 7.45. The molecule has 168 valence electrons. The Labute approximate surface area is 195 Å². The summed E-state index contributed by atoms with van der Waals surface area (Å²) in [5.41, 5.74) is 3.49. The molecule has 2 aromatic rings. The minimum atomic E-state index is -0.142. The molecule has 0 unspecified atom stereocenters. The van der Waals surface area contributed by atoms with Crippen LogP contribution < -0.4 is 15.5 Å². The van der Waals surface area contributed by atoms with Crippen molar-refractivity contribution < 1.29 is 9.59 Å². The number of carbonyl (C=O) groups excluding carboxylic acids is 2. The first-order chi connectivity index (χ1) is 16.1. The zero-order valence-corrected chi connectivity index (χ0v) is 18.8. The van der Waals surface area contributed by atoms with Crippen LogP contribution in [0.4, 0.5) is 5.69 Å². The summed E-state index contributed by atoms with van der Waals surface area (Å²) in [6, 6.07) is 16.0. The highest BCUT2D eigenvalue weighted by molar-refractivity contribution is 5.98. The van der Waals surface area contributed by atoms with E-state index in [-0.39, 0.29) is 18.4 Å². The van der Waals surface area contributed by atoms with Crippen molar-refractivity contribution >= 4 is 17.5 Å². The van der Waals surface area contributed by atoms with Gasteiger partial charge in [-0.2, -0.15) is 0 Å². The van der Waals surface area contributed by atoms with Crippen LogP contribution in [-0.4, -0.2) is 30.9 Å². The fourth-order valence-corrected chi connectivity index (χ4v) is 4.59. The molecule has 33 heavy (non-hydrogen) atoms. The van der Waals surface area contributed by atoms with Crippen LogP contribution in [0.25, 0.3) is 0 Å². The van der Waals surface area contributed by atoms with E-state index in [4.69, 9.17) is 6.42 Å². The number of fused-ring (bicyclic) bond motifs is 2. The van der Waals surface area contributed by atoms with Crippen molar-refractivity contribution in [2.75, 3.05) is 18.0 Å². The lowest BCUT2D eigenvalue weighted by Gasteiger charge is -2.28. The molecule has 0 saturated heterocycles. The van der Waals surface area contributed by atoms with Crippen LogP contribution in [0.15, 0.2) is 48.5 Å². The summed E-state index contributed by atoms with van der Waals surface area (Å²) in [5.74, 6) is 9.17. The summed E-state index contributed by atoms with van der Waals surface area (Å²) in [4.78, 5) is 27.5. The van der Waals surface area contributed by atoms with E-state index in [0.717, 1.165) is 48.1 Å². The van der Waals surface area contributed by atoms with E-state index in [0.29, 0.717) is 31.5 Å². The molecule has 2 amide bonds. The Morgan fingerprint density at radius 1 is 1.00 bits per heavy atom. The summed E-state index contributed by atoms with van der Waals surface area (Å²) in [6.07, 6.45) is 9.83. The van der Waals surface area contributed by atoms with Gasteiger partial charge in [-0.15, -0.1) is 6.42 Å². The molecule has 5 heteroatoms. The highest BCUT2D eigenvalue weighted by Crippen LogP contribution is 2.27. The summed E-state index contributed by atoms with van der Waals surface area (Å²) in [6.45, 7) is 0.987. The third kappa shape index (κ3) is 5.83. The Morgan fingerprint density at radius 2 is 1.70 bits per heavy atom. The molecule has 4 rings (SSSR count). The van der Waals surface area contributed by atoms with Gasteiger partial charge in [0.2, 0.25) is 11.8 Å². The van der Waals surface area contributed by atoms with Gasteiger partial charge in [-0.05, 0) is 55.4 Å². The lowest BCUT2D eigenvalue weighted by atomic mass is 9.84. The van der Waals surface area contributed by atoms with Gasteiger partial charge in [0.1, 0.15) is 0 Å². The van der Waals surface area contributed by atoms with Crippen molar-refractivity contribution in [3.05, 3.63) is 65.2 Å². The van der Waals surface area contributed by atoms with Crippen LogP contribution in [-0.2, 0) is 16.1 Å². The van der Waals surface area contributed by atoms with Crippen LogP contribution in [0.5, 0.6) is 0 Å². The summed E-state index contributed by atoms with van der Waals surface area (Å²) in [5, 5.41) is 6.20. The summed E-state index contributed by atoms with van der Waals surface area (Å²) >= 11 is 0. The van der Waals surface area contributed by atoms with Crippen molar-refractivity contribution in [2.24, 2.45) is 5.92 Å². The number of benzene rings is 2. The largest absolute Gasteiger partial charge is 0.347 e. The lowest BCUT2D eigenvalue weighted by Crippen LogP contribution is -2.41. The van der Waals surface area contributed by atoms with E-state index < -0.39 is 0 Å². The minimum Gasteiger partial charge on any atom is -0.347 e. The monoisotopic (exact) mass is 439 g/mol. The zero-order valence-electron chi connectivity index (χ0n) is 18.8. The number of anilines is 1. The van der Waals surface area contributed by atoms with Gasteiger partial charge in [-0.25, -0.2) is 0 Å². The second kappa shape index (κ2) is 10.9. The number of nitrogens with one attached hydrogen (secondary N) is 2. The van der Waals surface area contributed by atoms with E-state index in [2.05, 4.69) is 28.4 Å². The zero-order chi connectivity index (χ0) is 23.0. The molecule has 1 aliphatic heterocycles. The molecule has 1 aliphatic carbocycles. The van der Waals surface area contributed by atoms with Crippen molar-refractivity contribution in [1.29, 1.82) is 0 Å². The van der Waals surface area contributed by atoms with Gasteiger partial charge >= 0.3 is 0 Å². The lowest BCUT2D eigenvalue weighted by molar-refractivity contribution is -0.125. The maximum absolute atomic E-state index is 13.2. The predicted molar refractivity (Wildman–Crippen MR) is 130 cm³/mol. The van der Waals surface area contributed by atoms with Crippen molar-refractivity contribution in [2.45, 2.75) is 44.7 Å². The van der Waals surface area contributed by atoms with Gasteiger partial charge < -0.3 is 15.5 Å². The fourth-order valence-electron chi connectivity index (χ4n) is 4.59. The fraction of sp³-hybridized carbons (Fsp3) is 0.357. The van der Waals surface area contributed by atoms with E-state index in [9.17, 15) is 9.59 Å². The van der Waals surface area contributed by atoms with E-state index >= 15 is 0 Å². The first-order valence-electron chi connectivity index (χ1n) is 11.6. The number of para-hydroxylation sites is 1. The number of nitrogens with zero attached hydrogens (tertiary/aromatic N) is 1. The number of hydrogen-bond donors (Lipinski definition) is 2. The van der Waals surface area contributed by atoms with Gasteiger partial charge in [0.15, 0.2) is 0 Å². The molecular formula is C28H29N3O2. The second-order valence-corrected chi connectivity index (χ2v) is 8.69. The van der Waals surface area contributed by atoms with E-state index in [1.165, 1.54) is 0 Å². The maximum Gasteiger partial charge on any atom is 0.246 e. The quantitative estimate of drug-likeness (QED) is 0.680. The topological polar surface area (TPSA) is 61.4 Å². The summed E-state index contributed by atoms with van der Waals surface area (Å²) in [7, 11) is 0. The van der Waals surface area contributed by atoms with Gasteiger partial charge in [0.25, 0.3) is 0 Å². The van der Waals surface area contributed by atoms with E-state index in [1.54, 1.807) is 4.90 Å². The average molecular weight is 440 g/mol.